The Morgan fingerprint density at radius 2 is 2.12 bits per heavy atom. The summed E-state index contributed by atoms with van der Waals surface area (Å²) >= 11 is 0. The lowest BCUT2D eigenvalue weighted by Gasteiger charge is -2.23. The van der Waals surface area contributed by atoms with Gasteiger partial charge in [-0.1, -0.05) is 39.8 Å². The van der Waals surface area contributed by atoms with Crippen LogP contribution in [-0.4, -0.2) is 7.05 Å². The van der Waals surface area contributed by atoms with Crippen LogP contribution in [0.25, 0.3) is 0 Å². The van der Waals surface area contributed by atoms with Crippen LogP contribution in [0.4, 0.5) is 0 Å². The largest absolute Gasteiger partial charge is 0.391 e. The average Bonchev–Trinajstić information content (AvgIpc) is 3.15. The fraction of sp³-hybridized carbons (Fsp3) is 0.750. The van der Waals surface area contributed by atoms with E-state index in [2.05, 4.69) is 39.6 Å². The standard InChI is InChI=1S/C16H27N/c1-10(8-16(5)9-11(16)2)12(3)13(4)14-7-15(14)17-6/h10-11,13,17H,3,7-9H2,1-2,4-6H3/t10-,11-,13?,16+/m1/s1. The summed E-state index contributed by atoms with van der Waals surface area (Å²) in [6, 6.07) is 0. The average molecular weight is 233 g/mol. The quantitative estimate of drug-likeness (QED) is 0.680. The van der Waals surface area contributed by atoms with Gasteiger partial charge in [0.25, 0.3) is 0 Å². The molecule has 2 aliphatic rings. The lowest BCUT2D eigenvalue weighted by atomic mass is 9.82. The van der Waals surface area contributed by atoms with Crippen LogP contribution in [0, 0.1) is 23.2 Å². The molecular formula is C16H27N. The summed E-state index contributed by atoms with van der Waals surface area (Å²) in [5.41, 5.74) is 5.06. The van der Waals surface area contributed by atoms with Gasteiger partial charge in [0, 0.05) is 25.1 Å². The predicted molar refractivity (Wildman–Crippen MR) is 74.7 cm³/mol. The SMILES string of the molecule is C=C(C(C)C1=C(NC)C1)[C@H](C)C[C@@]1(C)C[C@H]1C. The van der Waals surface area contributed by atoms with Crippen molar-refractivity contribution in [2.75, 3.05) is 7.05 Å². The second kappa shape index (κ2) is 4.19. The Hall–Kier alpha value is -0.720. The Bertz CT molecular complexity index is 366. The summed E-state index contributed by atoms with van der Waals surface area (Å²) in [5.74, 6) is 2.15. The summed E-state index contributed by atoms with van der Waals surface area (Å²) in [4.78, 5) is 0. The Labute approximate surface area is 106 Å². The van der Waals surface area contributed by atoms with Gasteiger partial charge in [-0.25, -0.2) is 0 Å². The van der Waals surface area contributed by atoms with Crippen molar-refractivity contribution < 1.29 is 0 Å². The van der Waals surface area contributed by atoms with Crippen LogP contribution < -0.4 is 5.32 Å². The predicted octanol–water partition coefficient (Wildman–Crippen LogP) is 4.13. The van der Waals surface area contributed by atoms with Crippen LogP contribution >= 0.6 is 0 Å². The van der Waals surface area contributed by atoms with Gasteiger partial charge in [0.15, 0.2) is 0 Å². The second-order valence-corrected chi connectivity index (χ2v) is 6.59. The molecule has 1 fully saturated rings. The van der Waals surface area contributed by atoms with Crippen molar-refractivity contribution in [2.24, 2.45) is 23.2 Å². The number of hydrogen-bond donors (Lipinski definition) is 1. The third kappa shape index (κ3) is 2.43. The molecule has 0 radical (unpaired) electrons. The van der Waals surface area contributed by atoms with Crippen molar-refractivity contribution in [3.05, 3.63) is 23.4 Å². The normalized spacial score (nSPS) is 34.3. The number of allylic oxidation sites excluding steroid dienone is 3. The summed E-state index contributed by atoms with van der Waals surface area (Å²) in [6.45, 7) is 13.8. The Morgan fingerprint density at radius 1 is 1.53 bits per heavy atom. The number of rotatable bonds is 6. The van der Waals surface area contributed by atoms with E-state index in [1.807, 2.05) is 7.05 Å². The highest BCUT2D eigenvalue weighted by Gasteiger charge is 2.47. The number of nitrogens with one attached hydrogen (secondary N) is 1. The second-order valence-electron chi connectivity index (χ2n) is 6.59. The molecule has 0 aromatic carbocycles. The molecule has 0 saturated heterocycles. The maximum Gasteiger partial charge on any atom is 0.0148 e. The van der Waals surface area contributed by atoms with Gasteiger partial charge in [0.1, 0.15) is 0 Å². The first-order valence-electron chi connectivity index (χ1n) is 6.97. The lowest BCUT2D eigenvalue weighted by Crippen LogP contribution is -2.12. The monoisotopic (exact) mass is 233 g/mol. The minimum absolute atomic E-state index is 0.574. The van der Waals surface area contributed by atoms with E-state index in [-0.39, 0.29) is 0 Å². The van der Waals surface area contributed by atoms with Gasteiger partial charge in [-0.05, 0) is 35.7 Å². The molecule has 1 nitrogen and oxygen atoms in total. The summed E-state index contributed by atoms with van der Waals surface area (Å²) < 4.78 is 0. The minimum atomic E-state index is 0.574. The van der Waals surface area contributed by atoms with Crippen LogP contribution in [0.15, 0.2) is 23.4 Å². The van der Waals surface area contributed by atoms with Crippen molar-refractivity contribution >= 4 is 0 Å². The first-order chi connectivity index (χ1) is 7.89. The van der Waals surface area contributed by atoms with E-state index in [9.17, 15) is 0 Å². The molecule has 2 rings (SSSR count). The van der Waals surface area contributed by atoms with Gasteiger partial charge in [0.05, 0.1) is 0 Å². The van der Waals surface area contributed by atoms with Gasteiger partial charge in [-0.2, -0.15) is 0 Å². The zero-order valence-corrected chi connectivity index (χ0v) is 12.1. The van der Waals surface area contributed by atoms with E-state index >= 15 is 0 Å². The molecule has 96 valence electrons. The van der Waals surface area contributed by atoms with Crippen LogP contribution in [0.3, 0.4) is 0 Å². The number of hydrogen-bond acceptors (Lipinski definition) is 1. The van der Waals surface area contributed by atoms with Crippen molar-refractivity contribution in [3.63, 3.8) is 0 Å². The Morgan fingerprint density at radius 3 is 2.53 bits per heavy atom. The van der Waals surface area contributed by atoms with Crippen molar-refractivity contribution in [1.29, 1.82) is 0 Å². The fourth-order valence-corrected chi connectivity index (χ4v) is 3.22. The highest BCUT2D eigenvalue weighted by atomic mass is 14.9. The van der Waals surface area contributed by atoms with Gasteiger partial charge in [-0.3, -0.25) is 0 Å². The van der Waals surface area contributed by atoms with E-state index in [0.717, 1.165) is 5.92 Å². The Balaban J connectivity index is 1.90. The molecule has 17 heavy (non-hydrogen) atoms. The van der Waals surface area contributed by atoms with Crippen molar-refractivity contribution in [2.45, 2.75) is 47.0 Å². The lowest BCUT2D eigenvalue weighted by molar-refractivity contribution is 0.395. The molecule has 1 heteroatoms. The maximum atomic E-state index is 4.36. The van der Waals surface area contributed by atoms with Crippen LogP contribution in [-0.2, 0) is 0 Å². The molecule has 0 bridgehead atoms. The maximum absolute atomic E-state index is 4.36. The van der Waals surface area contributed by atoms with Gasteiger partial charge < -0.3 is 5.32 Å². The van der Waals surface area contributed by atoms with Crippen molar-refractivity contribution in [3.8, 4) is 0 Å². The minimum Gasteiger partial charge on any atom is -0.391 e. The third-order valence-electron chi connectivity index (χ3n) is 5.22. The molecule has 2 aliphatic carbocycles. The molecular weight excluding hydrogens is 206 g/mol. The van der Waals surface area contributed by atoms with Crippen molar-refractivity contribution in [1.82, 2.24) is 5.32 Å². The Kier molecular flexibility index (Phi) is 3.14. The summed E-state index contributed by atoms with van der Waals surface area (Å²) in [5, 5.41) is 3.27. The van der Waals surface area contributed by atoms with E-state index in [1.54, 1.807) is 5.57 Å². The molecule has 4 atom stereocenters. The first-order valence-corrected chi connectivity index (χ1v) is 6.97. The van der Waals surface area contributed by atoms with Gasteiger partial charge in [-0.15, -0.1) is 0 Å². The molecule has 0 aromatic rings. The van der Waals surface area contributed by atoms with Crippen LogP contribution in [0.1, 0.15) is 47.0 Å². The molecule has 0 amide bonds. The van der Waals surface area contributed by atoms with Gasteiger partial charge >= 0.3 is 0 Å². The summed E-state index contributed by atoms with van der Waals surface area (Å²) in [7, 11) is 2.02. The van der Waals surface area contributed by atoms with E-state index in [4.69, 9.17) is 0 Å². The summed E-state index contributed by atoms with van der Waals surface area (Å²) in [6.07, 6.45) is 3.90. The molecule has 1 saturated carbocycles. The molecule has 1 N–H and O–H groups in total. The van der Waals surface area contributed by atoms with E-state index in [1.165, 1.54) is 30.5 Å². The third-order valence-corrected chi connectivity index (χ3v) is 5.22. The van der Waals surface area contributed by atoms with E-state index < -0.39 is 0 Å². The van der Waals surface area contributed by atoms with Gasteiger partial charge in [0.2, 0.25) is 0 Å². The zero-order valence-electron chi connectivity index (χ0n) is 12.1. The molecule has 0 aliphatic heterocycles. The zero-order chi connectivity index (χ0) is 12.8. The fourth-order valence-electron chi connectivity index (χ4n) is 3.22. The molecule has 1 unspecified atom stereocenters. The molecule has 0 aromatic heterocycles. The molecule has 0 heterocycles. The first kappa shape index (κ1) is 12.7. The topological polar surface area (TPSA) is 12.0 Å². The highest BCUT2D eigenvalue weighted by Crippen LogP contribution is 2.57. The van der Waals surface area contributed by atoms with E-state index in [0.29, 0.717) is 17.3 Å². The molecule has 0 spiro atoms. The highest BCUT2D eigenvalue weighted by molar-refractivity contribution is 5.39. The smallest absolute Gasteiger partial charge is 0.0148 e. The van der Waals surface area contributed by atoms with Crippen LogP contribution in [0.2, 0.25) is 0 Å². The van der Waals surface area contributed by atoms with Crippen LogP contribution in [0.5, 0.6) is 0 Å².